The van der Waals surface area contributed by atoms with Crippen LogP contribution >= 0.6 is 0 Å². The standard InChI is InChI=1S/C27H25F4N5/c28-26(29)10-9-20(11-26)24-32-13-22(35-24)18-5-1-16(2-6-18)17-3-7-19(8-4-17)23-14-33-25(36-23)21-12-27(30,31)15-34-21/h1-8,13-14,20-21,34H,9-12,15H2,(H,32,35)(H,33,36)/t20-,21-/m0/s1. The lowest BCUT2D eigenvalue weighted by atomic mass is 10.0. The normalized spacial score (nSPS) is 22.8. The number of hydrogen-bond donors (Lipinski definition) is 3. The van der Waals surface area contributed by atoms with Crippen molar-refractivity contribution in [1.82, 2.24) is 25.3 Å². The third-order valence-electron chi connectivity index (χ3n) is 7.15. The predicted octanol–water partition coefficient (Wildman–Crippen LogP) is 6.71. The van der Waals surface area contributed by atoms with Gasteiger partial charge in [0.2, 0.25) is 5.92 Å². The number of rotatable bonds is 5. The number of aromatic nitrogens is 4. The third-order valence-corrected chi connectivity index (χ3v) is 7.15. The maximum absolute atomic E-state index is 13.6. The number of hydrogen-bond acceptors (Lipinski definition) is 3. The van der Waals surface area contributed by atoms with Gasteiger partial charge in [0.15, 0.2) is 0 Å². The molecule has 6 rings (SSSR count). The van der Waals surface area contributed by atoms with E-state index < -0.39 is 17.9 Å². The van der Waals surface area contributed by atoms with E-state index in [0.29, 0.717) is 18.1 Å². The summed E-state index contributed by atoms with van der Waals surface area (Å²) < 4.78 is 54.1. The van der Waals surface area contributed by atoms with E-state index in [4.69, 9.17) is 0 Å². The summed E-state index contributed by atoms with van der Waals surface area (Å²) in [4.78, 5) is 15.0. The van der Waals surface area contributed by atoms with Crippen LogP contribution in [0.4, 0.5) is 17.6 Å². The molecule has 2 fully saturated rings. The molecule has 2 atom stereocenters. The molecule has 1 saturated heterocycles. The van der Waals surface area contributed by atoms with Crippen LogP contribution in [0.25, 0.3) is 33.6 Å². The minimum atomic E-state index is -2.71. The molecule has 5 nitrogen and oxygen atoms in total. The summed E-state index contributed by atoms with van der Waals surface area (Å²) in [5.74, 6) is -4.39. The van der Waals surface area contributed by atoms with Gasteiger partial charge in [-0.05, 0) is 28.7 Å². The Hall–Kier alpha value is -3.46. The Kier molecular flexibility index (Phi) is 5.48. The summed E-state index contributed by atoms with van der Waals surface area (Å²) in [7, 11) is 0. The average Bonchev–Trinajstić information content (AvgIpc) is 3.65. The van der Waals surface area contributed by atoms with Crippen LogP contribution in [-0.4, -0.2) is 38.3 Å². The van der Waals surface area contributed by atoms with E-state index in [1.54, 1.807) is 12.4 Å². The summed E-state index contributed by atoms with van der Waals surface area (Å²) >= 11 is 0. The lowest BCUT2D eigenvalue weighted by Crippen LogP contribution is -2.19. The molecule has 4 aromatic rings. The van der Waals surface area contributed by atoms with Crippen molar-refractivity contribution in [2.24, 2.45) is 0 Å². The first-order valence-corrected chi connectivity index (χ1v) is 12.0. The zero-order valence-corrected chi connectivity index (χ0v) is 19.4. The molecule has 0 bridgehead atoms. The van der Waals surface area contributed by atoms with Crippen LogP contribution in [0, 0.1) is 0 Å². The van der Waals surface area contributed by atoms with Crippen LogP contribution in [0.15, 0.2) is 60.9 Å². The SMILES string of the molecule is FC1(F)CC[C@H](c2ncc(-c3ccc(-c4ccc(-c5cnc([C@@H]6CC(F)(F)CN6)[nH]5)cc4)cc3)[nH]2)C1. The van der Waals surface area contributed by atoms with Crippen LogP contribution in [0.1, 0.15) is 49.3 Å². The van der Waals surface area contributed by atoms with Crippen molar-refractivity contribution in [3.8, 4) is 33.6 Å². The quantitative estimate of drug-likeness (QED) is 0.270. The Bertz CT molecular complexity index is 1250. The molecule has 0 spiro atoms. The molecule has 2 aromatic heterocycles. The summed E-state index contributed by atoms with van der Waals surface area (Å²) in [6.07, 6.45) is 3.33. The molecular formula is C27H25F4N5. The maximum Gasteiger partial charge on any atom is 0.262 e. The Morgan fingerprint density at radius 2 is 1.19 bits per heavy atom. The van der Waals surface area contributed by atoms with Crippen LogP contribution in [0.2, 0.25) is 0 Å². The summed E-state index contributed by atoms with van der Waals surface area (Å²) in [5.41, 5.74) is 5.51. The van der Waals surface area contributed by atoms with Crippen molar-refractivity contribution in [2.75, 3.05) is 6.54 Å². The number of nitrogens with zero attached hydrogens (tertiary/aromatic N) is 2. The van der Waals surface area contributed by atoms with Crippen LogP contribution in [0.5, 0.6) is 0 Å². The van der Waals surface area contributed by atoms with E-state index in [0.717, 1.165) is 33.6 Å². The van der Waals surface area contributed by atoms with Crippen LogP contribution < -0.4 is 5.32 Å². The zero-order chi connectivity index (χ0) is 24.9. The topological polar surface area (TPSA) is 69.4 Å². The molecule has 0 unspecified atom stereocenters. The van der Waals surface area contributed by atoms with Gasteiger partial charge in [0, 0.05) is 25.2 Å². The fourth-order valence-electron chi connectivity index (χ4n) is 5.13. The van der Waals surface area contributed by atoms with E-state index >= 15 is 0 Å². The predicted molar refractivity (Wildman–Crippen MR) is 129 cm³/mol. The molecule has 2 aliphatic rings. The van der Waals surface area contributed by atoms with Crippen molar-refractivity contribution < 1.29 is 17.6 Å². The van der Waals surface area contributed by atoms with Gasteiger partial charge in [-0.1, -0.05) is 48.5 Å². The monoisotopic (exact) mass is 495 g/mol. The van der Waals surface area contributed by atoms with Gasteiger partial charge in [0.05, 0.1) is 36.4 Å². The second kappa shape index (κ2) is 8.58. The van der Waals surface area contributed by atoms with Crippen molar-refractivity contribution in [2.45, 2.75) is 49.5 Å². The zero-order valence-electron chi connectivity index (χ0n) is 19.4. The highest BCUT2D eigenvalue weighted by atomic mass is 19.3. The molecule has 2 aromatic carbocycles. The van der Waals surface area contributed by atoms with Gasteiger partial charge >= 0.3 is 0 Å². The van der Waals surface area contributed by atoms with Gasteiger partial charge in [-0.15, -0.1) is 0 Å². The van der Waals surface area contributed by atoms with Gasteiger partial charge in [-0.3, -0.25) is 0 Å². The lowest BCUT2D eigenvalue weighted by Gasteiger charge is -2.08. The van der Waals surface area contributed by atoms with Crippen LogP contribution in [0.3, 0.4) is 0 Å². The van der Waals surface area contributed by atoms with E-state index in [1.807, 2.05) is 48.5 Å². The number of alkyl halides is 4. The Morgan fingerprint density at radius 3 is 1.69 bits per heavy atom. The van der Waals surface area contributed by atoms with Crippen LogP contribution in [-0.2, 0) is 0 Å². The number of aromatic amines is 2. The molecule has 0 amide bonds. The van der Waals surface area contributed by atoms with Crippen molar-refractivity contribution in [3.05, 3.63) is 72.6 Å². The Labute approximate surface area is 205 Å². The number of imidazole rings is 2. The molecule has 1 aliphatic heterocycles. The van der Waals surface area contributed by atoms with Gasteiger partial charge in [-0.2, -0.15) is 0 Å². The molecule has 1 aliphatic carbocycles. The minimum Gasteiger partial charge on any atom is -0.342 e. The minimum absolute atomic E-state index is 0.0840. The van der Waals surface area contributed by atoms with Gasteiger partial charge in [0.25, 0.3) is 5.92 Å². The molecule has 9 heteroatoms. The molecule has 36 heavy (non-hydrogen) atoms. The first-order valence-electron chi connectivity index (χ1n) is 12.0. The van der Waals surface area contributed by atoms with Gasteiger partial charge in [-0.25, -0.2) is 27.5 Å². The number of nitrogens with one attached hydrogen (secondary N) is 3. The van der Waals surface area contributed by atoms with E-state index in [1.165, 1.54) is 0 Å². The fraction of sp³-hybridized carbons (Fsp3) is 0.333. The average molecular weight is 496 g/mol. The molecule has 3 N–H and O–H groups in total. The summed E-state index contributed by atoms with van der Waals surface area (Å²) in [5, 5.41) is 2.81. The second-order valence-electron chi connectivity index (χ2n) is 9.81. The first kappa shape index (κ1) is 23.0. The van der Waals surface area contributed by atoms with Gasteiger partial charge < -0.3 is 15.3 Å². The molecule has 0 radical (unpaired) electrons. The summed E-state index contributed by atoms with van der Waals surface area (Å²) in [6, 6.07) is 15.4. The highest BCUT2D eigenvalue weighted by Gasteiger charge is 2.41. The number of benzene rings is 2. The first-order chi connectivity index (χ1) is 17.2. The third kappa shape index (κ3) is 4.55. The number of halogens is 4. The molecular weight excluding hydrogens is 470 g/mol. The highest BCUT2D eigenvalue weighted by molar-refractivity contribution is 5.71. The molecule has 186 valence electrons. The molecule has 1 saturated carbocycles. The van der Waals surface area contributed by atoms with Crippen molar-refractivity contribution in [3.63, 3.8) is 0 Å². The molecule has 3 heterocycles. The maximum atomic E-state index is 13.6. The highest BCUT2D eigenvalue weighted by Crippen LogP contribution is 2.43. The Morgan fingerprint density at radius 1 is 0.667 bits per heavy atom. The van der Waals surface area contributed by atoms with E-state index in [-0.39, 0.29) is 31.7 Å². The van der Waals surface area contributed by atoms with Crippen molar-refractivity contribution in [1.29, 1.82) is 0 Å². The largest absolute Gasteiger partial charge is 0.342 e. The van der Waals surface area contributed by atoms with Crippen molar-refractivity contribution >= 4 is 0 Å². The van der Waals surface area contributed by atoms with E-state index in [9.17, 15) is 17.6 Å². The van der Waals surface area contributed by atoms with E-state index in [2.05, 4.69) is 25.3 Å². The Balaban J connectivity index is 1.14. The number of H-pyrrole nitrogens is 2. The summed E-state index contributed by atoms with van der Waals surface area (Å²) in [6.45, 7) is -0.331. The van der Waals surface area contributed by atoms with Gasteiger partial charge in [0.1, 0.15) is 11.6 Å². The second-order valence-corrected chi connectivity index (χ2v) is 9.81. The fourth-order valence-corrected chi connectivity index (χ4v) is 5.13. The lowest BCUT2D eigenvalue weighted by molar-refractivity contribution is 0.00752. The smallest absolute Gasteiger partial charge is 0.262 e.